The lowest BCUT2D eigenvalue weighted by atomic mass is 10.0. The van der Waals surface area contributed by atoms with Crippen LogP contribution in [0.2, 0.25) is 0 Å². The summed E-state index contributed by atoms with van der Waals surface area (Å²) in [5, 5.41) is -0.201. The summed E-state index contributed by atoms with van der Waals surface area (Å²) in [4.78, 5) is 37.2. The van der Waals surface area contributed by atoms with Gasteiger partial charge in [-0.3, -0.25) is 19.3 Å². The van der Waals surface area contributed by atoms with Gasteiger partial charge in [0.25, 0.3) is 0 Å². The van der Waals surface area contributed by atoms with Crippen molar-refractivity contribution in [2.45, 2.75) is 57.1 Å². The van der Waals surface area contributed by atoms with Gasteiger partial charge in [0.2, 0.25) is 11.8 Å². The van der Waals surface area contributed by atoms with Crippen LogP contribution in [0.5, 0.6) is 0 Å². The van der Waals surface area contributed by atoms with Crippen LogP contribution in [-0.2, 0) is 27.2 Å². The second kappa shape index (κ2) is 9.76. The maximum Gasteiger partial charge on any atom is 0.242 e. The molecule has 0 aliphatic carbocycles. The zero-order valence-corrected chi connectivity index (χ0v) is 15.9. The van der Waals surface area contributed by atoms with E-state index < -0.39 is 0 Å². The molecule has 1 aliphatic heterocycles. The first-order valence-corrected chi connectivity index (χ1v) is 10.3. The Hall–Kier alpha value is -1.62. The van der Waals surface area contributed by atoms with E-state index >= 15 is 0 Å². The smallest absolute Gasteiger partial charge is 0.242 e. The zero-order valence-electron chi connectivity index (χ0n) is 15.1. The Labute approximate surface area is 154 Å². The number of rotatable bonds is 10. The van der Waals surface area contributed by atoms with Gasteiger partial charge in [-0.2, -0.15) is 11.8 Å². The van der Waals surface area contributed by atoms with E-state index in [0.717, 1.165) is 31.2 Å². The number of hydrogen-bond acceptors (Lipinski definition) is 4. The first kappa shape index (κ1) is 19.7. The van der Waals surface area contributed by atoms with Crippen LogP contribution in [0.15, 0.2) is 24.3 Å². The van der Waals surface area contributed by atoms with Crippen LogP contribution in [0.25, 0.3) is 0 Å². The summed E-state index contributed by atoms with van der Waals surface area (Å²) in [5.41, 5.74) is 2.35. The molecule has 1 heterocycles. The highest BCUT2D eigenvalue weighted by molar-refractivity contribution is 8.00. The molecule has 0 aromatic heterocycles. The number of thioether (sulfide) groups is 1. The lowest BCUT2D eigenvalue weighted by Crippen LogP contribution is -2.32. The van der Waals surface area contributed by atoms with Crippen LogP contribution in [0.1, 0.15) is 50.2 Å². The van der Waals surface area contributed by atoms with Gasteiger partial charge in [-0.1, -0.05) is 37.6 Å². The zero-order chi connectivity index (χ0) is 18.2. The van der Waals surface area contributed by atoms with E-state index in [2.05, 4.69) is 19.1 Å². The van der Waals surface area contributed by atoms with Crippen LogP contribution < -0.4 is 0 Å². The van der Waals surface area contributed by atoms with Gasteiger partial charge in [0.05, 0.1) is 5.25 Å². The molecule has 1 atom stereocenters. The first-order valence-electron chi connectivity index (χ1n) is 9.01. The molecule has 0 spiro atoms. The van der Waals surface area contributed by atoms with Gasteiger partial charge >= 0.3 is 0 Å². The van der Waals surface area contributed by atoms with Crippen molar-refractivity contribution in [3.05, 3.63) is 35.4 Å². The molecule has 5 heteroatoms. The highest BCUT2D eigenvalue weighted by atomic mass is 32.2. The number of Topliss-reactive ketones (excluding diaryl/α,β-unsaturated/α-hetero) is 1. The van der Waals surface area contributed by atoms with Crippen LogP contribution >= 0.6 is 11.8 Å². The van der Waals surface area contributed by atoms with E-state index in [-0.39, 0.29) is 22.8 Å². The van der Waals surface area contributed by atoms with Gasteiger partial charge in [0, 0.05) is 25.8 Å². The third-order valence-electron chi connectivity index (χ3n) is 4.66. The third-order valence-corrected chi connectivity index (χ3v) is 5.59. The molecule has 1 fully saturated rings. The van der Waals surface area contributed by atoms with Crippen molar-refractivity contribution in [1.29, 1.82) is 0 Å². The van der Waals surface area contributed by atoms with Crippen molar-refractivity contribution in [1.82, 2.24) is 4.90 Å². The molecule has 4 nitrogen and oxygen atoms in total. The SMILES string of the molecule is CCc1ccc(CC(=O)CCCCCN2C(=O)CC(SC)C2=O)cc1. The average Bonchev–Trinajstić information content (AvgIpc) is 2.89. The Bertz CT molecular complexity index is 612. The van der Waals surface area contributed by atoms with Crippen molar-refractivity contribution >= 4 is 29.4 Å². The van der Waals surface area contributed by atoms with Crippen molar-refractivity contribution < 1.29 is 14.4 Å². The summed E-state index contributed by atoms with van der Waals surface area (Å²) in [7, 11) is 0. The molecule has 1 aromatic carbocycles. The molecule has 1 aromatic rings. The van der Waals surface area contributed by atoms with Gasteiger partial charge in [-0.05, 0) is 36.6 Å². The lowest BCUT2D eigenvalue weighted by molar-refractivity contribution is -0.138. The van der Waals surface area contributed by atoms with E-state index in [9.17, 15) is 14.4 Å². The van der Waals surface area contributed by atoms with Crippen molar-refractivity contribution in [3.8, 4) is 0 Å². The highest BCUT2D eigenvalue weighted by Gasteiger charge is 2.37. The molecular weight excluding hydrogens is 334 g/mol. The Morgan fingerprint density at radius 3 is 2.40 bits per heavy atom. The van der Waals surface area contributed by atoms with Crippen LogP contribution in [0.3, 0.4) is 0 Å². The standard InChI is InChI=1S/C20H27NO3S/c1-3-15-8-10-16(11-9-15)13-17(22)7-5-4-6-12-21-19(23)14-18(25-2)20(21)24/h8-11,18H,3-7,12-14H2,1-2H3. The number of carbonyl (C=O) groups is 3. The largest absolute Gasteiger partial charge is 0.299 e. The minimum atomic E-state index is -0.201. The maximum absolute atomic E-state index is 12.1. The van der Waals surface area contributed by atoms with Gasteiger partial charge in [-0.25, -0.2) is 0 Å². The summed E-state index contributed by atoms with van der Waals surface area (Å²) in [5.74, 6) is 0.139. The third kappa shape index (κ3) is 5.70. The van der Waals surface area contributed by atoms with E-state index in [1.54, 1.807) is 0 Å². The fourth-order valence-electron chi connectivity index (χ4n) is 3.05. The van der Waals surface area contributed by atoms with Gasteiger partial charge in [0.1, 0.15) is 5.78 Å². The number of amides is 2. The second-order valence-electron chi connectivity index (χ2n) is 6.51. The Balaban J connectivity index is 1.63. The minimum Gasteiger partial charge on any atom is -0.299 e. The first-order chi connectivity index (χ1) is 12.0. The summed E-state index contributed by atoms with van der Waals surface area (Å²) in [6.07, 6.45) is 6.70. The topological polar surface area (TPSA) is 54.5 Å². The summed E-state index contributed by atoms with van der Waals surface area (Å²) < 4.78 is 0. The van der Waals surface area contributed by atoms with Crippen LogP contribution in [0.4, 0.5) is 0 Å². The lowest BCUT2D eigenvalue weighted by Gasteiger charge is -2.14. The Kier molecular flexibility index (Phi) is 7.69. The summed E-state index contributed by atoms with van der Waals surface area (Å²) in [6, 6.07) is 8.22. The van der Waals surface area contributed by atoms with Crippen LogP contribution in [0, 0.1) is 0 Å². The predicted molar refractivity (Wildman–Crippen MR) is 102 cm³/mol. The van der Waals surface area contributed by atoms with Crippen molar-refractivity contribution in [2.24, 2.45) is 0 Å². The molecule has 136 valence electrons. The van der Waals surface area contributed by atoms with Gasteiger partial charge < -0.3 is 0 Å². The number of hydrogen-bond donors (Lipinski definition) is 0. The Morgan fingerprint density at radius 1 is 1.12 bits per heavy atom. The molecule has 25 heavy (non-hydrogen) atoms. The van der Waals surface area contributed by atoms with E-state index in [4.69, 9.17) is 0 Å². The molecule has 0 N–H and O–H groups in total. The number of benzene rings is 1. The minimum absolute atomic E-state index is 0.0518. The predicted octanol–water partition coefficient (Wildman–Crippen LogP) is 3.41. The number of imide groups is 1. The molecule has 0 saturated carbocycles. The quantitative estimate of drug-likeness (QED) is 0.473. The number of unbranched alkanes of at least 4 members (excludes halogenated alkanes) is 2. The van der Waals surface area contributed by atoms with Crippen LogP contribution in [-0.4, -0.2) is 40.5 Å². The molecular formula is C20H27NO3S. The summed E-state index contributed by atoms with van der Waals surface area (Å²) in [6.45, 7) is 2.60. The highest BCUT2D eigenvalue weighted by Crippen LogP contribution is 2.23. The number of aryl methyl sites for hydroxylation is 1. The molecule has 1 aliphatic rings. The number of carbonyl (C=O) groups excluding carboxylic acids is 3. The van der Waals surface area contributed by atoms with E-state index in [1.807, 2.05) is 18.4 Å². The van der Waals surface area contributed by atoms with Crippen molar-refractivity contribution in [3.63, 3.8) is 0 Å². The molecule has 0 bridgehead atoms. The average molecular weight is 362 g/mol. The maximum atomic E-state index is 12.1. The molecule has 1 saturated heterocycles. The van der Waals surface area contributed by atoms with Crippen molar-refractivity contribution in [2.75, 3.05) is 12.8 Å². The number of likely N-dealkylation sites (tertiary alicyclic amines) is 1. The normalized spacial score (nSPS) is 17.4. The fraction of sp³-hybridized carbons (Fsp3) is 0.550. The number of ketones is 1. The second-order valence-corrected chi connectivity index (χ2v) is 7.55. The molecule has 2 amide bonds. The van der Waals surface area contributed by atoms with E-state index in [0.29, 0.717) is 25.8 Å². The van der Waals surface area contributed by atoms with E-state index in [1.165, 1.54) is 22.2 Å². The van der Waals surface area contributed by atoms with Gasteiger partial charge in [0.15, 0.2) is 0 Å². The monoisotopic (exact) mass is 361 g/mol. The molecule has 0 radical (unpaired) electrons. The van der Waals surface area contributed by atoms with Gasteiger partial charge in [-0.15, -0.1) is 0 Å². The molecule has 1 unspecified atom stereocenters. The fourth-order valence-corrected chi connectivity index (χ4v) is 3.69. The Morgan fingerprint density at radius 2 is 1.80 bits per heavy atom. The molecule has 2 rings (SSSR count). The number of nitrogens with zero attached hydrogens (tertiary/aromatic N) is 1. The summed E-state index contributed by atoms with van der Waals surface area (Å²) >= 11 is 1.44.